The van der Waals surface area contributed by atoms with E-state index in [1.165, 1.54) is 5.56 Å². The number of epoxide rings is 1. The summed E-state index contributed by atoms with van der Waals surface area (Å²) in [6, 6.07) is 7.73. The molecule has 0 aromatic heterocycles. The first-order valence-electron chi connectivity index (χ1n) is 6.38. The van der Waals surface area contributed by atoms with Crippen molar-refractivity contribution in [3.05, 3.63) is 34.9 Å². The first-order valence-corrected chi connectivity index (χ1v) is 6.75. The SMILES string of the molecule is CCOC(=O)OC1(CCCc2ccc(Cl)cc2)CO1. The van der Waals surface area contributed by atoms with Crippen molar-refractivity contribution < 1.29 is 19.0 Å². The minimum atomic E-state index is -0.751. The second-order valence-electron chi connectivity index (χ2n) is 4.46. The van der Waals surface area contributed by atoms with Gasteiger partial charge < -0.3 is 14.2 Å². The van der Waals surface area contributed by atoms with Crippen molar-refractivity contribution in [1.29, 1.82) is 0 Å². The standard InChI is InChI=1S/C14H17ClO4/c1-2-17-13(16)19-14(10-18-14)9-3-4-11-5-7-12(15)8-6-11/h5-8H,2-4,9-10H2,1H3. The van der Waals surface area contributed by atoms with Crippen molar-refractivity contribution in [2.45, 2.75) is 32.0 Å². The molecule has 0 radical (unpaired) electrons. The largest absolute Gasteiger partial charge is 0.510 e. The number of benzene rings is 1. The van der Waals surface area contributed by atoms with Crippen LogP contribution < -0.4 is 0 Å². The van der Waals surface area contributed by atoms with Crippen molar-refractivity contribution >= 4 is 17.8 Å². The molecule has 0 saturated carbocycles. The summed E-state index contributed by atoms with van der Waals surface area (Å²) in [5, 5.41) is 0.733. The molecule has 0 aliphatic carbocycles. The second-order valence-corrected chi connectivity index (χ2v) is 4.90. The number of rotatable bonds is 6. The minimum Gasteiger partial charge on any atom is -0.435 e. The molecule has 1 fully saturated rings. The van der Waals surface area contributed by atoms with E-state index in [0.717, 1.165) is 17.9 Å². The van der Waals surface area contributed by atoms with Gasteiger partial charge in [-0.3, -0.25) is 0 Å². The Balaban J connectivity index is 1.73. The molecule has 1 atom stereocenters. The van der Waals surface area contributed by atoms with Crippen LogP contribution >= 0.6 is 11.6 Å². The molecule has 1 aromatic carbocycles. The van der Waals surface area contributed by atoms with E-state index in [-0.39, 0.29) is 0 Å². The van der Waals surface area contributed by atoms with Gasteiger partial charge >= 0.3 is 6.16 Å². The van der Waals surface area contributed by atoms with E-state index >= 15 is 0 Å². The molecule has 1 aliphatic rings. The lowest BCUT2D eigenvalue weighted by molar-refractivity contribution is -0.0378. The smallest absolute Gasteiger partial charge is 0.435 e. The Morgan fingerprint density at radius 2 is 2.11 bits per heavy atom. The molecule has 1 heterocycles. The highest BCUT2D eigenvalue weighted by atomic mass is 35.5. The highest BCUT2D eigenvalue weighted by molar-refractivity contribution is 6.30. The van der Waals surface area contributed by atoms with E-state index in [4.69, 9.17) is 25.8 Å². The molecule has 4 nitrogen and oxygen atoms in total. The number of hydrogen-bond donors (Lipinski definition) is 0. The lowest BCUT2D eigenvalue weighted by Gasteiger charge is -2.12. The van der Waals surface area contributed by atoms with Gasteiger partial charge in [-0.05, 0) is 37.5 Å². The van der Waals surface area contributed by atoms with E-state index in [9.17, 15) is 4.79 Å². The molecule has 0 N–H and O–H groups in total. The van der Waals surface area contributed by atoms with Crippen LogP contribution in [-0.2, 0) is 20.6 Å². The third-order valence-corrected chi connectivity index (χ3v) is 3.19. The van der Waals surface area contributed by atoms with Gasteiger partial charge in [0.15, 0.2) is 0 Å². The lowest BCUT2D eigenvalue weighted by Crippen LogP contribution is -2.22. The van der Waals surface area contributed by atoms with Crippen LogP contribution in [0.15, 0.2) is 24.3 Å². The van der Waals surface area contributed by atoms with Crippen LogP contribution in [0.2, 0.25) is 5.02 Å². The molecule has 0 spiro atoms. The summed E-state index contributed by atoms with van der Waals surface area (Å²) in [5.41, 5.74) is 1.20. The molecule has 1 unspecified atom stereocenters. The molecule has 1 saturated heterocycles. The fourth-order valence-electron chi connectivity index (χ4n) is 1.85. The highest BCUT2D eigenvalue weighted by Gasteiger charge is 2.49. The van der Waals surface area contributed by atoms with Crippen molar-refractivity contribution in [2.24, 2.45) is 0 Å². The van der Waals surface area contributed by atoms with Gasteiger partial charge in [0.25, 0.3) is 0 Å². The van der Waals surface area contributed by atoms with Crippen molar-refractivity contribution in [3.8, 4) is 0 Å². The van der Waals surface area contributed by atoms with Crippen LogP contribution in [0.25, 0.3) is 0 Å². The van der Waals surface area contributed by atoms with Gasteiger partial charge in [-0.2, -0.15) is 0 Å². The number of carbonyl (C=O) groups excluding carboxylic acids is 1. The molecular weight excluding hydrogens is 268 g/mol. The summed E-state index contributed by atoms with van der Waals surface area (Å²) in [7, 11) is 0. The third-order valence-electron chi connectivity index (χ3n) is 2.93. The summed E-state index contributed by atoms with van der Waals surface area (Å²) >= 11 is 5.82. The van der Waals surface area contributed by atoms with Gasteiger partial charge in [0.05, 0.1) is 6.61 Å². The zero-order valence-electron chi connectivity index (χ0n) is 10.9. The Morgan fingerprint density at radius 1 is 1.42 bits per heavy atom. The molecule has 2 rings (SSSR count). The Labute approximate surface area is 117 Å². The van der Waals surface area contributed by atoms with Gasteiger partial charge in [-0.1, -0.05) is 23.7 Å². The van der Waals surface area contributed by atoms with Gasteiger partial charge in [-0.25, -0.2) is 4.79 Å². The maximum atomic E-state index is 11.2. The highest BCUT2D eigenvalue weighted by Crippen LogP contribution is 2.34. The molecule has 0 bridgehead atoms. The Hall–Kier alpha value is -1.26. The Morgan fingerprint density at radius 3 is 2.68 bits per heavy atom. The van der Waals surface area contributed by atoms with Crippen LogP contribution in [0.3, 0.4) is 0 Å². The number of carbonyl (C=O) groups is 1. The fraction of sp³-hybridized carbons (Fsp3) is 0.500. The van der Waals surface area contributed by atoms with Gasteiger partial charge in [0, 0.05) is 11.4 Å². The predicted octanol–water partition coefficient (Wildman–Crippen LogP) is 3.56. The quantitative estimate of drug-likeness (QED) is 0.592. The van der Waals surface area contributed by atoms with E-state index in [1.54, 1.807) is 6.92 Å². The first kappa shape index (κ1) is 14.2. The van der Waals surface area contributed by atoms with Gasteiger partial charge in [0.1, 0.15) is 6.61 Å². The minimum absolute atomic E-state index is 0.305. The van der Waals surface area contributed by atoms with E-state index < -0.39 is 11.9 Å². The number of halogens is 1. The monoisotopic (exact) mass is 284 g/mol. The second kappa shape index (κ2) is 6.26. The summed E-state index contributed by atoms with van der Waals surface area (Å²) in [6.07, 6.45) is 1.79. The first-order chi connectivity index (χ1) is 9.13. The maximum absolute atomic E-state index is 11.2. The predicted molar refractivity (Wildman–Crippen MR) is 71.2 cm³/mol. The van der Waals surface area contributed by atoms with E-state index in [2.05, 4.69) is 0 Å². The van der Waals surface area contributed by atoms with Gasteiger partial charge in [0.2, 0.25) is 5.79 Å². The summed E-state index contributed by atoms with van der Waals surface area (Å²) in [6.45, 7) is 2.49. The molecule has 104 valence electrons. The van der Waals surface area contributed by atoms with Gasteiger partial charge in [-0.15, -0.1) is 0 Å². The van der Waals surface area contributed by atoms with Crippen molar-refractivity contribution in [1.82, 2.24) is 0 Å². The zero-order valence-corrected chi connectivity index (χ0v) is 11.6. The van der Waals surface area contributed by atoms with Crippen LogP contribution in [-0.4, -0.2) is 25.2 Å². The zero-order chi connectivity index (χ0) is 13.7. The number of aryl methyl sites for hydroxylation is 1. The molecule has 1 aliphatic heterocycles. The van der Waals surface area contributed by atoms with E-state index in [0.29, 0.717) is 19.6 Å². The van der Waals surface area contributed by atoms with E-state index in [1.807, 2.05) is 24.3 Å². The fourth-order valence-corrected chi connectivity index (χ4v) is 1.97. The molecule has 19 heavy (non-hydrogen) atoms. The summed E-state index contributed by atoms with van der Waals surface area (Å²) in [5.74, 6) is -0.751. The number of hydrogen-bond acceptors (Lipinski definition) is 4. The molecule has 5 heteroatoms. The Bertz CT molecular complexity index is 426. The van der Waals surface area contributed by atoms with Crippen molar-refractivity contribution in [3.63, 3.8) is 0 Å². The third kappa shape index (κ3) is 4.40. The number of ether oxygens (including phenoxy) is 3. The molecule has 0 amide bonds. The normalized spacial score (nSPS) is 20.9. The van der Waals surface area contributed by atoms with Crippen molar-refractivity contribution in [2.75, 3.05) is 13.2 Å². The van der Waals surface area contributed by atoms with Crippen LogP contribution in [0.5, 0.6) is 0 Å². The lowest BCUT2D eigenvalue weighted by atomic mass is 10.1. The topological polar surface area (TPSA) is 48.1 Å². The summed E-state index contributed by atoms with van der Waals surface area (Å²) in [4.78, 5) is 11.2. The summed E-state index contributed by atoms with van der Waals surface area (Å²) < 4.78 is 15.1. The molecular formula is C14H17ClO4. The Kier molecular flexibility index (Phi) is 4.66. The average Bonchev–Trinajstić information content (AvgIpc) is 3.12. The molecule has 1 aromatic rings. The average molecular weight is 285 g/mol. The maximum Gasteiger partial charge on any atom is 0.510 e. The van der Waals surface area contributed by atoms with Crippen LogP contribution in [0.1, 0.15) is 25.3 Å². The van der Waals surface area contributed by atoms with Crippen LogP contribution in [0, 0.1) is 0 Å². The van der Waals surface area contributed by atoms with Crippen LogP contribution in [0.4, 0.5) is 4.79 Å².